The summed E-state index contributed by atoms with van der Waals surface area (Å²) in [5.74, 6) is 0. The fourth-order valence-electron chi connectivity index (χ4n) is 2.80. The van der Waals surface area contributed by atoms with Gasteiger partial charge in [0.2, 0.25) is 0 Å². The fraction of sp³-hybridized carbons (Fsp3) is 0.400. The van der Waals surface area contributed by atoms with Gasteiger partial charge in [-0.1, -0.05) is 0 Å². The fourth-order valence-corrected chi connectivity index (χ4v) is 2.80. The van der Waals surface area contributed by atoms with E-state index < -0.39 is 0 Å². The van der Waals surface area contributed by atoms with Crippen molar-refractivity contribution in [3.05, 3.63) is 40.7 Å². The van der Waals surface area contributed by atoms with Crippen LogP contribution < -0.4 is 5.32 Å². The topological polar surface area (TPSA) is 77.3 Å². The zero-order chi connectivity index (χ0) is 14.8. The summed E-state index contributed by atoms with van der Waals surface area (Å²) >= 11 is 0. The third-order valence-electron chi connectivity index (χ3n) is 3.90. The number of pyridine rings is 1. The molecular formula is C15H17N3O3. The second-order valence-corrected chi connectivity index (χ2v) is 5.30. The first-order valence-electron chi connectivity index (χ1n) is 7.06. The SMILES string of the molecule is CC(Nc1ccc([N+](=O)[O-])c2cnccc12)C1CCCO1. The van der Waals surface area contributed by atoms with Crippen LogP contribution >= 0.6 is 0 Å². The highest BCUT2D eigenvalue weighted by molar-refractivity contribution is 5.99. The first kappa shape index (κ1) is 13.8. The van der Waals surface area contributed by atoms with Crippen LogP contribution in [0.15, 0.2) is 30.6 Å². The number of ether oxygens (including phenoxy) is 1. The number of aromatic nitrogens is 1. The van der Waals surface area contributed by atoms with Crippen molar-refractivity contribution in [3.8, 4) is 0 Å². The molecule has 1 saturated heterocycles. The molecule has 2 aromatic rings. The lowest BCUT2D eigenvalue weighted by Crippen LogP contribution is -2.30. The van der Waals surface area contributed by atoms with Crippen molar-refractivity contribution in [2.45, 2.75) is 31.9 Å². The normalized spacial score (nSPS) is 19.6. The summed E-state index contributed by atoms with van der Waals surface area (Å²) in [6.07, 6.45) is 5.50. The first-order chi connectivity index (χ1) is 10.2. The Morgan fingerprint density at radius 1 is 1.43 bits per heavy atom. The number of hydrogen-bond acceptors (Lipinski definition) is 5. The zero-order valence-electron chi connectivity index (χ0n) is 11.8. The van der Waals surface area contributed by atoms with Crippen LogP contribution in [0.5, 0.6) is 0 Å². The number of hydrogen-bond donors (Lipinski definition) is 1. The molecule has 1 aliphatic heterocycles. The minimum absolute atomic E-state index is 0.0772. The predicted molar refractivity (Wildman–Crippen MR) is 80.5 cm³/mol. The third-order valence-corrected chi connectivity index (χ3v) is 3.90. The number of rotatable bonds is 4. The molecule has 0 saturated carbocycles. The van der Waals surface area contributed by atoms with E-state index in [0.29, 0.717) is 5.39 Å². The molecule has 3 rings (SSSR count). The molecule has 1 aromatic heterocycles. The van der Waals surface area contributed by atoms with Crippen LogP contribution in [0.4, 0.5) is 11.4 Å². The van der Waals surface area contributed by atoms with Crippen LogP contribution in [0.2, 0.25) is 0 Å². The Morgan fingerprint density at radius 3 is 3.00 bits per heavy atom. The number of non-ortho nitro benzene ring substituents is 1. The van der Waals surface area contributed by atoms with Crippen LogP contribution in [0.3, 0.4) is 0 Å². The molecule has 2 heterocycles. The minimum Gasteiger partial charge on any atom is -0.379 e. The van der Waals surface area contributed by atoms with E-state index in [2.05, 4.69) is 17.2 Å². The van der Waals surface area contributed by atoms with Crippen molar-refractivity contribution < 1.29 is 9.66 Å². The molecule has 6 nitrogen and oxygen atoms in total. The molecule has 0 aliphatic carbocycles. The second-order valence-electron chi connectivity index (χ2n) is 5.30. The van der Waals surface area contributed by atoms with Gasteiger partial charge in [-0.15, -0.1) is 0 Å². The van der Waals surface area contributed by atoms with Gasteiger partial charge in [-0.3, -0.25) is 15.1 Å². The van der Waals surface area contributed by atoms with Crippen LogP contribution in [0.1, 0.15) is 19.8 Å². The van der Waals surface area contributed by atoms with E-state index in [1.807, 2.05) is 0 Å². The highest BCUT2D eigenvalue weighted by atomic mass is 16.6. The third kappa shape index (κ3) is 2.67. The molecule has 0 bridgehead atoms. The van der Waals surface area contributed by atoms with Crippen molar-refractivity contribution in [2.24, 2.45) is 0 Å². The summed E-state index contributed by atoms with van der Waals surface area (Å²) in [5, 5.41) is 15.9. The van der Waals surface area contributed by atoms with Gasteiger partial charge in [0.05, 0.1) is 16.4 Å². The summed E-state index contributed by atoms with van der Waals surface area (Å²) in [4.78, 5) is 14.7. The summed E-state index contributed by atoms with van der Waals surface area (Å²) in [5.41, 5.74) is 0.953. The van der Waals surface area contributed by atoms with E-state index in [0.717, 1.165) is 30.5 Å². The molecule has 2 unspecified atom stereocenters. The molecule has 1 aliphatic rings. The molecule has 21 heavy (non-hydrogen) atoms. The number of nitro benzene ring substituents is 1. The quantitative estimate of drug-likeness (QED) is 0.690. The van der Waals surface area contributed by atoms with Gasteiger partial charge in [-0.05, 0) is 31.9 Å². The Morgan fingerprint density at radius 2 is 2.29 bits per heavy atom. The maximum atomic E-state index is 11.1. The van der Waals surface area contributed by atoms with Gasteiger partial charge in [0, 0.05) is 42.2 Å². The number of nitrogens with one attached hydrogen (secondary N) is 1. The molecule has 1 fully saturated rings. The number of fused-ring (bicyclic) bond motifs is 1. The summed E-state index contributed by atoms with van der Waals surface area (Å²) in [6.45, 7) is 2.88. The van der Waals surface area contributed by atoms with Crippen LogP contribution in [-0.2, 0) is 4.74 Å². The van der Waals surface area contributed by atoms with Crippen molar-refractivity contribution in [1.29, 1.82) is 0 Å². The van der Waals surface area contributed by atoms with Crippen molar-refractivity contribution >= 4 is 22.1 Å². The lowest BCUT2D eigenvalue weighted by Gasteiger charge is -2.22. The van der Waals surface area contributed by atoms with Crippen LogP contribution in [-0.4, -0.2) is 28.7 Å². The molecule has 0 spiro atoms. The molecule has 110 valence electrons. The Labute approximate surface area is 122 Å². The highest BCUT2D eigenvalue weighted by Gasteiger charge is 2.23. The summed E-state index contributed by atoms with van der Waals surface area (Å²) < 4.78 is 5.68. The molecule has 1 N–H and O–H groups in total. The van der Waals surface area contributed by atoms with Crippen molar-refractivity contribution in [2.75, 3.05) is 11.9 Å². The smallest absolute Gasteiger partial charge is 0.278 e. The van der Waals surface area contributed by atoms with E-state index in [1.54, 1.807) is 18.3 Å². The van der Waals surface area contributed by atoms with E-state index in [1.165, 1.54) is 12.3 Å². The number of anilines is 1. The largest absolute Gasteiger partial charge is 0.379 e. The van der Waals surface area contributed by atoms with Gasteiger partial charge >= 0.3 is 0 Å². The van der Waals surface area contributed by atoms with Gasteiger partial charge in [0.25, 0.3) is 5.69 Å². The van der Waals surface area contributed by atoms with Gasteiger partial charge < -0.3 is 10.1 Å². The van der Waals surface area contributed by atoms with E-state index in [9.17, 15) is 10.1 Å². The van der Waals surface area contributed by atoms with Gasteiger partial charge in [-0.25, -0.2) is 0 Å². The van der Waals surface area contributed by atoms with E-state index in [4.69, 9.17) is 4.74 Å². The zero-order valence-corrected chi connectivity index (χ0v) is 11.8. The maximum absolute atomic E-state index is 11.1. The molecule has 2 atom stereocenters. The molecule has 0 amide bonds. The van der Waals surface area contributed by atoms with E-state index in [-0.39, 0.29) is 22.8 Å². The summed E-state index contributed by atoms with van der Waals surface area (Å²) in [6, 6.07) is 5.23. The monoisotopic (exact) mass is 287 g/mol. The van der Waals surface area contributed by atoms with Gasteiger partial charge in [0.15, 0.2) is 0 Å². The average Bonchev–Trinajstić information content (AvgIpc) is 3.01. The van der Waals surface area contributed by atoms with Crippen LogP contribution in [0, 0.1) is 10.1 Å². The Balaban J connectivity index is 1.95. The Kier molecular flexibility index (Phi) is 3.70. The van der Waals surface area contributed by atoms with Crippen LogP contribution in [0.25, 0.3) is 10.8 Å². The van der Waals surface area contributed by atoms with Gasteiger partial charge in [-0.2, -0.15) is 0 Å². The minimum atomic E-state index is -0.378. The highest BCUT2D eigenvalue weighted by Crippen LogP contribution is 2.31. The first-order valence-corrected chi connectivity index (χ1v) is 7.06. The van der Waals surface area contributed by atoms with Gasteiger partial charge in [0.1, 0.15) is 0 Å². The van der Waals surface area contributed by atoms with Crippen molar-refractivity contribution in [1.82, 2.24) is 4.98 Å². The Bertz CT molecular complexity index is 668. The number of nitrogens with zero attached hydrogens (tertiary/aromatic N) is 2. The summed E-state index contributed by atoms with van der Waals surface area (Å²) in [7, 11) is 0. The lowest BCUT2D eigenvalue weighted by atomic mass is 10.1. The number of nitro groups is 1. The average molecular weight is 287 g/mol. The number of benzene rings is 1. The molecule has 6 heteroatoms. The van der Waals surface area contributed by atoms with E-state index >= 15 is 0 Å². The molecule has 1 aromatic carbocycles. The molecular weight excluding hydrogens is 270 g/mol. The lowest BCUT2D eigenvalue weighted by molar-refractivity contribution is -0.383. The van der Waals surface area contributed by atoms with Crippen molar-refractivity contribution in [3.63, 3.8) is 0 Å². The maximum Gasteiger partial charge on any atom is 0.278 e. The predicted octanol–water partition coefficient (Wildman–Crippen LogP) is 3.12. The Hall–Kier alpha value is -2.21. The standard InChI is InChI=1S/C15H17N3O3/c1-10(15-3-2-8-21-15)17-13-4-5-14(18(19)20)12-9-16-7-6-11(12)13/h4-7,9-10,15,17H,2-3,8H2,1H3. The second kappa shape index (κ2) is 5.65. The molecule has 0 radical (unpaired) electrons.